The third-order valence-electron chi connectivity index (χ3n) is 8.17. The first-order valence-corrected chi connectivity index (χ1v) is 12.8. The van der Waals surface area contributed by atoms with Crippen molar-refractivity contribution in [3.63, 3.8) is 0 Å². The van der Waals surface area contributed by atoms with E-state index in [1.165, 1.54) is 0 Å². The molecule has 1 saturated carbocycles. The number of fused-ring (bicyclic) bond motifs is 3. The van der Waals surface area contributed by atoms with Crippen LogP contribution < -0.4 is 10.6 Å². The quantitative estimate of drug-likeness (QED) is 0.307. The molecule has 0 bridgehead atoms. The molecular formula is C30H35N5O3. The molecule has 0 spiro atoms. The molecule has 6 rings (SSSR count). The van der Waals surface area contributed by atoms with Crippen LogP contribution in [-0.4, -0.2) is 57.8 Å². The summed E-state index contributed by atoms with van der Waals surface area (Å²) in [6, 6.07) is 16.5. The molecule has 3 amide bonds. The summed E-state index contributed by atoms with van der Waals surface area (Å²) in [5, 5.41) is 7.72. The molecular weight excluding hydrogens is 478 g/mol. The molecule has 1 aliphatic carbocycles. The number of nitrogens with zero attached hydrogens (tertiary/aromatic N) is 1. The summed E-state index contributed by atoms with van der Waals surface area (Å²) in [5.74, 6) is -0.282. The molecule has 2 fully saturated rings. The van der Waals surface area contributed by atoms with Crippen molar-refractivity contribution in [2.75, 3.05) is 13.1 Å². The van der Waals surface area contributed by atoms with E-state index in [2.05, 4.69) is 27.5 Å². The third kappa shape index (κ3) is 4.34. The molecule has 38 heavy (non-hydrogen) atoms. The molecule has 198 valence electrons. The zero-order valence-corrected chi connectivity index (χ0v) is 21.2. The van der Waals surface area contributed by atoms with Crippen LogP contribution in [0.3, 0.4) is 0 Å². The lowest BCUT2D eigenvalue weighted by atomic mass is 10.1. The van der Waals surface area contributed by atoms with Crippen LogP contribution in [0.4, 0.5) is 0 Å². The number of H-pyrrole nitrogens is 2. The van der Waals surface area contributed by atoms with Crippen LogP contribution in [0.15, 0.2) is 54.6 Å². The number of piperidine rings is 1. The van der Waals surface area contributed by atoms with E-state index < -0.39 is 6.04 Å². The van der Waals surface area contributed by atoms with Crippen LogP contribution in [0.1, 0.15) is 54.2 Å². The Kier molecular flexibility index (Phi) is 6.29. The van der Waals surface area contributed by atoms with Crippen molar-refractivity contribution in [1.29, 1.82) is 0 Å². The van der Waals surface area contributed by atoms with Crippen molar-refractivity contribution in [3.05, 3.63) is 71.5 Å². The maximum atomic E-state index is 13.5. The van der Waals surface area contributed by atoms with E-state index in [1.807, 2.05) is 60.4 Å². The minimum Gasteiger partial charge on any atom is -0.352 e. The molecule has 1 aliphatic heterocycles. The molecule has 3 unspecified atom stereocenters. The van der Waals surface area contributed by atoms with Gasteiger partial charge in [0, 0.05) is 34.9 Å². The number of rotatable bonds is 6. The SMILES string of the molecule is C.Cc1cccc2cc(C(=O)N3CC4(C)CC4C3CNC(=O)[C@H](C)NC(=O)c3cc4ccccc4[nH]3)[nH]c12. The van der Waals surface area contributed by atoms with E-state index in [4.69, 9.17) is 0 Å². The highest BCUT2D eigenvalue weighted by molar-refractivity contribution is 6.00. The highest BCUT2D eigenvalue weighted by Crippen LogP contribution is 2.60. The Morgan fingerprint density at radius 3 is 2.55 bits per heavy atom. The van der Waals surface area contributed by atoms with E-state index >= 15 is 0 Å². The smallest absolute Gasteiger partial charge is 0.270 e. The zero-order valence-electron chi connectivity index (χ0n) is 21.2. The van der Waals surface area contributed by atoms with Crippen molar-refractivity contribution in [2.24, 2.45) is 11.3 Å². The summed E-state index contributed by atoms with van der Waals surface area (Å²) < 4.78 is 0. The van der Waals surface area contributed by atoms with Gasteiger partial charge in [0.2, 0.25) is 5.91 Å². The molecule has 2 aliphatic rings. The van der Waals surface area contributed by atoms with Gasteiger partial charge in [-0.25, -0.2) is 0 Å². The molecule has 2 aromatic heterocycles. The molecule has 3 heterocycles. The lowest BCUT2D eigenvalue weighted by molar-refractivity contribution is -0.122. The first kappa shape index (κ1) is 25.6. The minimum absolute atomic E-state index is 0. The predicted octanol–water partition coefficient (Wildman–Crippen LogP) is 4.38. The van der Waals surface area contributed by atoms with Crippen molar-refractivity contribution < 1.29 is 14.4 Å². The van der Waals surface area contributed by atoms with Crippen molar-refractivity contribution in [1.82, 2.24) is 25.5 Å². The van der Waals surface area contributed by atoms with E-state index in [0.717, 1.165) is 33.8 Å². The highest BCUT2D eigenvalue weighted by Gasteiger charge is 2.62. The van der Waals surface area contributed by atoms with Crippen LogP contribution in [0.25, 0.3) is 21.8 Å². The molecule has 8 nitrogen and oxygen atoms in total. The first-order valence-electron chi connectivity index (χ1n) is 12.8. The van der Waals surface area contributed by atoms with Gasteiger partial charge in [-0.3, -0.25) is 14.4 Å². The van der Waals surface area contributed by atoms with Gasteiger partial charge < -0.3 is 25.5 Å². The van der Waals surface area contributed by atoms with Crippen LogP contribution in [0.2, 0.25) is 0 Å². The second-order valence-corrected chi connectivity index (χ2v) is 10.9. The molecule has 8 heteroatoms. The first-order chi connectivity index (χ1) is 17.7. The Hall–Kier alpha value is -4.07. The van der Waals surface area contributed by atoms with Crippen LogP contribution in [0.5, 0.6) is 0 Å². The van der Waals surface area contributed by atoms with E-state index in [9.17, 15) is 14.4 Å². The number of amides is 3. The number of hydrogen-bond acceptors (Lipinski definition) is 3. The minimum atomic E-state index is -0.716. The number of nitrogens with one attached hydrogen (secondary N) is 4. The third-order valence-corrected chi connectivity index (χ3v) is 8.17. The Bertz CT molecular complexity index is 1520. The molecule has 4 aromatic rings. The van der Waals surface area contributed by atoms with Crippen molar-refractivity contribution in [2.45, 2.75) is 46.7 Å². The van der Waals surface area contributed by atoms with Gasteiger partial charge in [0.1, 0.15) is 17.4 Å². The lowest BCUT2D eigenvalue weighted by Gasteiger charge is -2.28. The second-order valence-electron chi connectivity index (χ2n) is 10.9. The van der Waals surface area contributed by atoms with E-state index in [-0.39, 0.29) is 36.6 Å². The Balaban J connectivity index is 0.00000294. The Morgan fingerprint density at radius 2 is 1.79 bits per heavy atom. The molecule has 0 radical (unpaired) electrons. The number of benzene rings is 2. The number of likely N-dealkylation sites (tertiary alicyclic amines) is 1. The van der Waals surface area contributed by atoms with Gasteiger partial charge in [0.05, 0.1) is 6.04 Å². The number of carbonyl (C=O) groups excluding carboxylic acids is 3. The van der Waals surface area contributed by atoms with Gasteiger partial charge in [-0.15, -0.1) is 0 Å². The van der Waals surface area contributed by atoms with Crippen LogP contribution in [-0.2, 0) is 4.79 Å². The summed E-state index contributed by atoms with van der Waals surface area (Å²) in [7, 11) is 0. The normalized spacial score (nSPS) is 22.6. The summed E-state index contributed by atoms with van der Waals surface area (Å²) in [6.45, 7) is 6.93. The highest BCUT2D eigenvalue weighted by atomic mass is 16.2. The standard InChI is InChI=1S/C29H31N5O3.CH4/c1-16-7-6-9-19-12-23(33-25(16)19)28(37)34-15-29(3)13-20(29)24(34)14-30-26(35)17(2)31-27(36)22-11-18-8-4-5-10-21(18)32-22;/h4-12,17,20,24,32-33H,13-15H2,1-3H3,(H,30,35)(H,31,36);1H4/t17-,20?,24?,29?;/m0./s1. The fourth-order valence-corrected chi connectivity index (χ4v) is 5.90. The van der Waals surface area contributed by atoms with E-state index in [1.54, 1.807) is 13.0 Å². The number of aromatic amines is 2. The van der Waals surface area contributed by atoms with Gasteiger partial charge in [-0.1, -0.05) is 50.7 Å². The average Bonchev–Trinajstić information content (AvgIpc) is 3.25. The summed E-state index contributed by atoms with van der Waals surface area (Å²) in [4.78, 5) is 47.4. The van der Waals surface area contributed by atoms with Crippen molar-refractivity contribution in [3.8, 4) is 0 Å². The molecule has 2 aromatic carbocycles. The molecule has 4 N–H and O–H groups in total. The Labute approximate surface area is 222 Å². The maximum absolute atomic E-state index is 13.5. The fraction of sp³-hybridized carbons (Fsp3) is 0.367. The molecule has 4 atom stereocenters. The van der Waals surface area contributed by atoms with Crippen molar-refractivity contribution >= 4 is 39.5 Å². The fourth-order valence-electron chi connectivity index (χ4n) is 5.90. The molecule has 1 saturated heterocycles. The van der Waals surface area contributed by atoms with Crippen LogP contribution >= 0.6 is 0 Å². The number of para-hydroxylation sites is 2. The van der Waals surface area contributed by atoms with Gasteiger partial charge in [0.15, 0.2) is 0 Å². The summed E-state index contributed by atoms with van der Waals surface area (Å²) >= 11 is 0. The number of hydrogen-bond donors (Lipinski definition) is 4. The maximum Gasteiger partial charge on any atom is 0.270 e. The van der Waals surface area contributed by atoms with Gasteiger partial charge >= 0.3 is 0 Å². The average molecular weight is 514 g/mol. The largest absolute Gasteiger partial charge is 0.352 e. The topological polar surface area (TPSA) is 110 Å². The second kappa shape index (κ2) is 9.35. The number of aromatic nitrogens is 2. The van der Waals surface area contributed by atoms with E-state index in [0.29, 0.717) is 30.4 Å². The number of aryl methyl sites for hydroxylation is 1. The monoisotopic (exact) mass is 513 g/mol. The summed E-state index contributed by atoms with van der Waals surface area (Å²) in [6.07, 6.45) is 1.05. The van der Waals surface area contributed by atoms with Crippen LogP contribution in [0, 0.1) is 18.3 Å². The van der Waals surface area contributed by atoms with Gasteiger partial charge in [-0.2, -0.15) is 0 Å². The predicted molar refractivity (Wildman–Crippen MR) is 149 cm³/mol. The Morgan fingerprint density at radius 1 is 1.05 bits per heavy atom. The zero-order chi connectivity index (χ0) is 25.9. The van der Waals surface area contributed by atoms with Gasteiger partial charge in [0.25, 0.3) is 11.8 Å². The number of carbonyl (C=O) groups is 3. The van der Waals surface area contributed by atoms with Gasteiger partial charge in [-0.05, 0) is 55.4 Å². The summed E-state index contributed by atoms with van der Waals surface area (Å²) in [5.41, 5.74) is 4.03. The lowest BCUT2D eigenvalue weighted by Crippen LogP contribution is -2.50.